The Morgan fingerprint density at radius 1 is 0.383 bits per heavy atom. The number of pyridine rings is 2. The van der Waals surface area contributed by atoms with Crippen molar-refractivity contribution in [2.24, 2.45) is 0 Å². The van der Waals surface area contributed by atoms with Crippen LogP contribution in [0.2, 0.25) is 0 Å². The molecule has 0 spiro atoms. The molecule has 4 heteroatoms. The number of fused-ring (bicyclic) bond motifs is 13. The van der Waals surface area contributed by atoms with Crippen molar-refractivity contribution in [1.29, 1.82) is 0 Å². The van der Waals surface area contributed by atoms with Gasteiger partial charge in [0.05, 0.1) is 26.9 Å². The van der Waals surface area contributed by atoms with E-state index in [1.54, 1.807) is 0 Å². The predicted molar refractivity (Wildman–Crippen MR) is 255 cm³/mol. The van der Waals surface area contributed by atoms with E-state index in [9.17, 15) is 0 Å². The largest absolute Gasteiger partial charge is 0.291 e. The van der Waals surface area contributed by atoms with E-state index < -0.39 is 0 Å². The summed E-state index contributed by atoms with van der Waals surface area (Å²) >= 11 is 1.83. The third-order valence-electron chi connectivity index (χ3n) is 12.5. The fraction of sp³-hybridized carbons (Fsp3) is 0. The smallest absolute Gasteiger partial charge is 0.156 e. The molecule has 0 radical (unpaired) electrons. The molecular formula is C56H33N3S. The van der Waals surface area contributed by atoms with Crippen LogP contribution in [-0.2, 0) is 0 Å². The first-order valence-corrected chi connectivity index (χ1v) is 21.2. The van der Waals surface area contributed by atoms with Crippen molar-refractivity contribution in [3.05, 3.63) is 200 Å². The van der Waals surface area contributed by atoms with Gasteiger partial charge in [-0.1, -0.05) is 170 Å². The highest BCUT2D eigenvalue weighted by molar-refractivity contribution is 7.26. The second-order valence-corrected chi connectivity index (χ2v) is 16.8. The zero-order valence-corrected chi connectivity index (χ0v) is 33.1. The van der Waals surface area contributed by atoms with Gasteiger partial charge >= 0.3 is 0 Å². The zero-order chi connectivity index (χ0) is 39.3. The Labute approximate surface area is 349 Å². The molecule has 0 atom stereocenters. The van der Waals surface area contributed by atoms with E-state index in [0.29, 0.717) is 0 Å². The van der Waals surface area contributed by atoms with Crippen molar-refractivity contribution >= 4 is 91.4 Å². The second-order valence-electron chi connectivity index (χ2n) is 15.7. The van der Waals surface area contributed by atoms with Crippen molar-refractivity contribution in [1.82, 2.24) is 14.4 Å². The third kappa shape index (κ3) is 4.95. The number of nitrogens with zero attached hydrogens (tertiary/aromatic N) is 3. The van der Waals surface area contributed by atoms with E-state index in [4.69, 9.17) is 9.97 Å². The fourth-order valence-corrected chi connectivity index (χ4v) is 10.8. The van der Waals surface area contributed by atoms with Gasteiger partial charge in [-0.15, -0.1) is 11.3 Å². The first-order valence-electron chi connectivity index (χ1n) is 20.4. The molecule has 278 valence electrons. The van der Waals surface area contributed by atoms with Gasteiger partial charge in [-0.25, -0.2) is 4.98 Å². The number of rotatable bonds is 4. The Bertz CT molecular complexity index is 3880. The average Bonchev–Trinajstić information content (AvgIpc) is 3.90. The maximum Gasteiger partial charge on any atom is 0.156 e. The van der Waals surface area contributed by atoms with E-state index in [0.717, 1.165) is 38.8 Å². The van der Waals surface area contributed by atoms with E-state index in [-0.39, 0.29) is 0 Å². The second kappa shape index (κ2) is 12.9. The summed E-state index contributed by atoms with van der Waals surface area (Å²) < 4.78 is 4.88. The van der Waals surface area contributed by atoms with Crippen molar-refractivity contribution in [3.63, 3.8) is 0 Å². The van der Waals surface area contributed by atoms with E-state index in [1.807, 2.05) is 23.6 Å². The molecule has 0 amide bonds. The number of thiophene rings is 1. The van der Waals surface area contributed by atoms with Gasteiger partial charge < -0.3 is 0 Å². The molecule has 0 aliphatic rings. The first-order chi connectivity index (χ1) is 29.7. The van der Waals surface area contributed by atoms with Crippen molar-refractivity contribution in [2.75, 3.05) is 0 Å². The maximum absolute atomic E-state index is 5.40. The van der Waals surface area contributed by atoms with Gasteiger partial charge in [0.25, 0.3) is 0 Å². The molecule has 0 N–H and O–H groups in total. The van der Waals surface area contributed by atoms with Crippen molar-refractivity contribution in [2.45, 2.75) is 0 Å². The van der Waals surface area contributed by atoms with Gasteiger partial charge in [-0.05, 0) is 84.8 Å². The average molecular weight is 780 g/mol. The highest BCUT2D eigenvalue weighted by Crippen LogP contribution is 2.43. The van der Waals surface area contributed by atoms with E-state index >= 15 is 0 Å². The van der Waals surface area contributed by atoms with Crippen LogP contribution < -0.4 is 0 Å². The lowest BCUT2D eigenvalue weighted by molar-refractivity contribution is 1.25. The Hall–Kier alpha value is -7.66. The zero-order valence-electron chi connectivity index (χ0n) is 32.3. The number of hydrogen-bond donors (Lipinski definition) is 0. The van der Waals surface area contributed by atoms with Crippen LogP contribution in [0, 0.1) is 0 Å². The Morgan fingerprint density at radius 3 is 1.72 bits per heavy atom. The number of aromatic nitrogens is 3. The summed E-state index contributed by atoms with van der Waals surface area (Å²) in [5.41, 5.74) is 13.8. The lowest BCUT2D eigenvalue weighted by atomic mass is 9.90. The monoisotopic (exact) mass is 779 g/mol. The molecule has 3 nitrogen and oxygen atoms in total. The molecule has 60 heavy (non-hydrogen) atoms. The molecule has 0 unspecified atom stereocenters. The molecule has 0 aliphatic carbocycles. The number of imidazole rings is 1. The van der Waals surface area contributed by atoms with Gasteiger partial charge in [0.15, 0.2) is 5.65 Å². The van der Waals surface area contributed by atoms with Gasteiger partial charge in [0.2, 0.25) is 0 Å². The number of benzene rings is 9. The van der Waals surface area contributed by atoms with Crippen LogP contribution in [0.4, 0.5) is 0 Å². The molecule has 0 saturated heterocycles. The van der Waals surface area contributed by atoms with Gasteiger partial charge in [-0.3, -0.25) is 9.38 Å². The van der Waals surface area contributed by atoms with Crippen LogP contribution in [0.5, 0.6) is 0 Å². The maximum atomic E-state index is 5.40. The van der Waals surface area contributed by atoms with Crippen LogP contribution >= 0.6 is 11.3 Å². The summed E-state index contributed by atoms with van der Waals surface area (Å²) in [7, 11) is 0. The molecular weight excluding hydrogens is 747 g/mol. The minimum absolute atomic E-state index is 1.01. The summed E-state index contributed by atoms with van der Waals surface area (Å²) in [6, 6.07) is 70.8. The highest BCUT2D eigenvalue weighted by Gasteiger charge is 2.19. The summed E-state index contributed by atoms with van der Waals surface area (Å²) in [5, 5.41) is 10.9. The molecule has 0 fully saturated rings. The topological polar surface area (TPSA) is 30.2 Å². The molecule has 4 aromatic heterocycles. The minimum atomic E-state index is 1.01. The molecule has 4 heterocycles. The lowest BCUT2D eigenvalue weighted by Crippen LogP contribution is -1.93. The van der Waals surface area contributed by atoms with Crippen molar-refractivity contribution < 1.29 is 0 Å². The lowest BCUT2D eigenvalue weighted by Gasteiger charge is -2.14. The SMILES string of the molecule is c1ccc2c(c1)ccc1c2nc2c3sc4ccccc4c3cc(-c3ccc(-c4ccc(-c5ccc(-c6cccc7c6ccc6cccnc67)cc5)c5ccccc45)cc3)n12. The predicted octanol–water partition coefficient (Wildman–Crippen LogP) is 15.5. The first kappa shape index (κ1) is 33.3. The molecule has 13 rings (SSSR count). The molecule has 13 aromatic rings. The third-order valence-corrected chi connectivity index (χ3v) is 13.6. The molecule has 0 aliphatic heterocycles. The molecule has 0 saturated carbocycles. The van der Waals surface area contributed by atoms with Gasteiger partial charge in [-0.2, -0.15) is 0 Å². The van der Waals surface area contributed by atoms with Crippen LogP contribution in [0.15, 0.2) is 200 Å². The van der Waals surface area contributed by atoms with E-state index in [2.05, 4.69) is 192 Å². The van der Waals surface area contributed by atoms with Gasteiger partial charge in [0, 0.05) is 37.8 Å². The van der Waals surface area contributed by atoms with E-state index in [1.165, 1.54) is 85.9 Å². The minimum Gasteiger partial charge on any atom is -0.291 e. The quantitative estimate of drug-likeness (QED) is 0.167. The molecule has 0 bridgehead atoms. The normalized spacial score (nSPS) is 12.0. The molecule has 9 aromatic carbocycles. The summed E-state index contributed by atoms with van der Waals surface area (Å²) in [4.78, 5) is 10.1. The Balaban J connectivity index is 0.908. The standard InChI is InChI=1S/C56H33N3S/c1-2-11-43-34(9-1)27-31-50-54(43)58-56-55-49(47-14-5-6-17-52(47)60-55)33-51(59(50)56)38-24-22-37(23-25-38)42-30-29-41(44-12-3-4-13-45(42)44)36-20-18-35(19-21-36)40-15-7-16-48-46(40)28-26-39-10-8-32-57-53(39)48/h1-33H. The van der Waals surface area contributed by atoms with Crippen molar-refractivity contribution in [3.8, 4) is 44.6 Å². The fourth-order valence-electron chi connectivity index (χ4n) is 9.60. The summed E-state index contributed by atoms with van der Waals surface area (Å²) in [5.74, 6) is 0. The van der Waals surface area contributed by atoms with Crippen LogP contribution in [0.3, 0.4) is 0 Å². The van der Waals surface area contributed by atoms with Gasteiger partial charge in [0.1, 0.15) is 0 Å². The summed E-state index contributed by atoms with van der Waals surface area (Å²) in [6.07, 6.45) is 1.88. The number of hydrogen-bond acceptors (Lipinski definition) is 3. The Morgan fingerprint density at radius 2 is 0.967 bits per heavy atom. The van der Waals surface area contributed by atoms with Crippen LogP contribution in [-0.4, -0.2) is 14.4 Å². The van der Waals surface area contributed by atoms with Crippen LogP contribution in [0.1, 0.15) is 0 Å². The Kier molecular flexibility index (Phi) is 7.18. The summed E-state index contributed by atoms with van der Waals surface area (Å²) in [6.45, 7) is 0. The highest BCUT2D eigenvalue weighted by atomic mass is 32.1. The van der Waals surface area contributed by atoms with Crippen LogP contribution in [0.25, 0.3) is 125 Å².